The first-order valence-electron chi connectivity index (χ1n) is 7.20. The van der Waals surface area contributed by atoms with E-state index in [-0.39, 0.29) is 10.5 Å². The minimum absolute atomic E-state index is 0.00285. The second-order valence-corrected chi connectivity index (χ2v) is 5.37. The average Bonchev–Trinajstić information content (AvgIpc) is 2.57. The Balaban J connectivity index is 2.46. The first-order valence-corrected chi connectivity index (χ1v) is 7.61. The molecule has 130 valence electrons. The van der Waals surface area contributed by atoms with Crippen molar-refractivity contribution in [3.8, 4) is 5.75 Å². The number of aromatic amines is 1. The molecule has 0 atom stereocenters. The lowest BCUT2D eigenvalue weighted by Gasteiger charge is -2.18. The van der Waals surface area contributed by atoms with Crippen molar-refractivity contribution in [3.63, 3.8) is 0 Å². The van der Waals surface area contributed by atoms with E-state index in [1.165, 1.54) is 6.08 Å². The predicted octanol–water partition coefficient (Wildman–Crippen LogP) is 1.51. The quantitative estimate of drug-likeness (QED) is 0.830. The molecule has 0 saturated carbocycles. The Hall–Kier alpha value is -3.07. The number of imide groups is 1. The number of carbonyl (C=O) groups excluding carboxylic acids is 2. The number of rotatable bonds is 4. The van der Waals surface area contributed by atoms with Gasteiger partial charge in [-0.25, -0.2) is 0 Å². The zero-order valence-corrected chi connectivity index (χ0v) is 14.7. The Morgan fingerprint density at radius 3 is 2.32 bits per heavy atom. The zero-order valence-electron chi connectivity index (χ0n) is 13.8. The topological polar surface area (TPSA) is 97.3 Å². The van der Waals surface area contributed by atoms with Gasteiger partial charge in [0.1, 0.15) is 5.75 Å². The van der Waals surface area contributed by atoms with Gasteiger partial charge in [0.2, 0.25) is 16.6 Å². The molecule has 0 aliphatic rings. The number of benzene rings is 1. The lowest BCUT2D eigenvalue weighted by atomic mass is 10.2. The molecule has 0 bridgehead atoms. The molecule has 1 N–H and O–H groups in total. The van der Waals surface area contributed by atoms with Crippen molar-refractivity contribution in [2.75, 3.05) is 12.1 Å². The second kappa shape index (κ2) is 7.67. The molecule has 0 radical (unpaired) electrons. The van der Waals surface area contributed by atoms with Crippen molar-refractivity contribution < 1.29 is 14.3 Å². The fourth-order valence-corrected chi connectivity index (χ4v) is 2.30. The van der Waals surface area contributed by atoms with Crippen LogP contribution in [0.1, 0.15) is 25.1 Å². The number of ether oxygens (including phenoxy) is 1. The fourth-order valence-electron chi connectivity index (χ4n) is 2.09. The number of nitrogens with one attached hydrogen (secondary N) is 1. The van der Waals surface area contributed by atoms with E-state index in [1.54, 1.807) is 37.5 Å². The van der Waals surface area contributed by atoms with Crippen LogP contribution in [0.4, 0.5) is 0 Å². The number of carbonyl (C=O) groups is 2. The van der Waals surface area contributed by atoms with Crippen molar-refractivity contribution in [1.29, 1.82) is 0 Å². The van der Waals surface area contributed by atoms with Gasteiger partial charge in [-0.1, -0.05) is 18.2 Å². The molecule has 8 nitrogen and oxygen atoms in total. The van der Waals surface area contributed by atoms with Crippen LogP contribution in [-0.4, -0.2) is 33.8 Å². The molecule has 2 rings (SSSR count). The molecular weight excluding hydrogens is 344 g/mol. The number of hydrogen-bond donors (Lipinski definition) is 1. The fraction of sp³-hybridized carbons (Fsp3) is 0.188. The maximum Gasteiger partial charge on any atom is 0.300 e. The summed E-state index contributed by atoms with van der Waals surface area (Å²) in [5.74, 6) is -0.559. The van der Waals surface area contributed by atoms with Gasteiger partial charge >= 0.3 is 0 Å². The van der Waals surface area contributed by atoms with E-state index in [0.717, 1.165) is 24.1 Å². The zero-order chi connectivity index (χ0) is 18.6. The van der Waals surface area contributed by atoms with E-state index in [2.05, 4.69) is 10.2 Å². The molecule has 1 aromatic heterocycles. The number of amides is 2. The summed E-state index contributed by atoms with van der Waals surface area (Å²) >= 11 is 4.98. The standard InChI is InChI=1S/C16H16N4O4S/c1-10(21)19(11(2)22)20-15(23)14(17-18-16(20)25)9-6-12-4-7-13(24-3)8-5-12/h4-9H,1-3H3,(H,18,25). The summed E-state index contributed by atoms with van der Waals surface area (Å²) in [4.78, 5) is 35.9. The summed E-state index contributed by atoms with van der Waals surface area (Å²) < 4.78 is 5.71. The lowest BCUT2D eigenvalue weighted by molar-refractivity contribution is -0.126. The van der Waals surface area contributed by atoms with Crippen LogP contribution in [0.15, 0.2) is 29.1 Å². The molecule has 0 aliphatic carbocycles. The molecular formula is C16H16N4O4S. The molecule has 2 amide bonds. The van der Waals surface area contributed by atoms with Gasteiger partial charge in [-0.15, -0.1) is 0 Å². The van der Waals surface area contributed by atoms with Crippen LogP contribution >= 0.6 is 12.2 Å². The molecule has 0 unspecified atom stereocenters. The van der Waals surface area contributed by atoms with Gasteiger partial charge in [0.25, 0.3) is 5.56 Å². The molecule has 1 heterocycles. The van der Waals surface area contributed by atoms with E-state index < -0.39 is 17.4 Å². The Morgan fingerprint density at radius 2 is 1.80 bits per heavy atom. The van der Waals surface area contributed by atoms with Crippen molar-refractivity contribution >= 4 is 36.2 Å². The molecule has 1 aromatic carbocycles. The second-order valence-electron chi connectivity index (χ2n) is 4.99. The van der Waals surface area contributed by atoms with E-state index in [9.17, 15) is 14.4 Å². The van der Waals surface area contributed by atoms with Gasteiger partial charge < -0.3 is 4.74 Å². The van der Waals surface area contributed by atoms with Crippen LogP contribution in [0, 0.1) is 4.77 Å². The van der Waals surface area contributed by atoms with Crippen LogP contribution in [0.3, 0.4) is 0 Å². The Kier molecular flexibility index (Phi) is 5.60. The third-order valence-electron chi connectivity index (χ3n) is 3.22. The van der Waals surface area contributed by atoms with Gasteiger partial charge in [-0.05, 0) is 36.0 Å². The lowest BCUT2D eigenvalue weighted by Crippen LogP contribution is -2.49. The predicted molar refractivity (Wildman–Crippen MR) is 95.2 cm³/mol. The summed E-state index contributed by atoms with van der Waals surface area (Å²) in [5, 5.41) is 6.99. The molecule has 2 aromatic rings. The first-order chi connectivity index (χ1) is 11.8. The van der Waals surface area contributed by atoms with E-state index in [0.29, 0.717) is 10.8 Å². The highest BCUT2D eigenvalue weighted by Crippen LogP contribution is 2.12. The molecule has 9 heteroatoms. The highest BCUT2D eigenvalue weighted by Gasteiger charge is 2.20. The monoisotopic (exact) mass is 360 g/mol. The Labute approximate surface area is 148 Å². The van der Waals surface area contributed by atoms with E-state index in [1.807, 2.05) is 0 Å². The van der Waals surface area contributed by atoms with Crippen LogP contribution < -0.4 is 15.3 Å². The normalized spacial score (nSPS) is 10.7. The summed E-state index contributed by atoms with van der Waals surface area (Å²) in [5.41, 5.74) is 0.127. The number of hydrogen-bond acceptors (Lipinski definition) is 6. The molecule has 0 fully saturated rings. The summed E-state index contributed by atoms with van der Waals surface area (Å²) in [6, 6.07) is 7.15. The third kappa shape index (κ3) is 4.07. The Morgan fingerprint density at radius 1 is 1.20 bits per heavy atom. The smallest absolute Gasteiger partial charge is 0.300 e. The number of aromatic nitrogens is 3. The maximum absolute atomic E-state index is 12.6. The van der Waals surface area contributed by atoms with Gasteiger partial charge in [-0.3, -0.25) is 19.5 Å². The van der Waals surface area contributed by atoms with Gasteiger partial charge in [-0.2, -0.15) is 14.8 Å². The van der Waals surface area contributed by atoms with Crippen molar-refractivity contribution in [3.05, 3.63) is 50.6 Å². The van der Waals surface area contributed by atoms with Crippen molar-refractivity contribution in [1.82, 2.24) is 14.9 Å². The third-order valence-corrected chi connectivity index (χ3v) is 3.49. The summed E-state index contributed by atoms with van der Waals surface area (Å²) in [6.45, 7) is 2.33. The van der Waals surface area contributed by atoms with Crippen LogP contribution in [0.5, 0.6) is 5.75 Å². The van der Waals surface area contributed by atoms with E-state index in [4.69, 9.17) is 17.0 Å². The van der Waals surface area contributed by atoms with Crippen LogP contribution in [0.2, 0.25) is 0 Å². The van der Waals surface area contributed by atoms with Gasteiger partial charge in [0, 0.05) is 13.8 Å². The van der Waals surface area contributed by atoms with Gasteiger partial charge in [0.05, 0.1) is 7.11 Å². The van der Waals surface area contributed by atoms with Gasteiger partial charge in [0.15, 0.2) is 5.69 Å². The minimum Gasteiger partial charge on any atom is -0.497 e. The van der Waals surface area contributed by atoms with Crippen LogP contribution in [0.25, 0.3) is 12.2 Å². The maximum atomic E-state index is 12.6. The number of nitrogens with zero attached hydrogens (tertiary/aromatic N) is 3. The highest BCUT2D eigenvalue weighted by atomic mass is 32.1. The number of H-pyrrole nitrogens is 1. The molecule has 0 aliphatic heterocycles. The van der Waals surface area contributed by atoms with Crippen molar-refractivity contribution in [2.24, 2.45) is 0 Å². The highest BCUT2D eigenvalue weighted by molar-refractivity contribution is 7.71. The summed E-state index contributed by atoms with van der Waals surface area (Å²) in [7, 11) is 1.57. The first kappa shape index (κ1) is 18.3. The molecule has 0 saturated heterocycles. The summed E-state index contributed by atoms with van der Waals surface area (Å²) in [6.07, 6.45) is 3.13. The Bertz CT molecular complexity index is 930. The van der Waals surface area contributed by atoms with Crippen molar-refractivity contribution in [2.45, 2.75) is 13.8 Å². The average molecular weight is 360 g/mol. The molecule has 0 spiro atoms. The number of methoxy groups -OCH3 is 1. The minimum atomic E-state index is -0.682. The SMILES string of the molecule is COc1ccc(C=Cc2n[nH]c(=S)n(N(C(C)=O)C(C)=O)c2=O)cc1. The van der Waals surface area contributed by atoms with Crippen LogP contribution in [-0.2, 0) is 9.59 Å². The molecule has 25 heavy (non-hydrogen) atoms. The van der Waals surface area contributed by atoms with E-state index >= 15 is 0 Å². The largest absolute Gasteiger partial charge is 0.497 e.